The SMILES string of the molecule is Cc1cccc(Oc2ccc(-c3cn[nH]c3)cc2C(=O)O)c1. The zero-order valence-electron chi connectivity index (χ0n) is 11.9. The number of carboxylic acid groups (broad SMARTS) is 1. The van der Waals surface area contributed by atoms with Gasteiger partial charge in [-0.2, -0.15) is 5.10 Å². The third-order valence-corrected chi connectivity index (χ3v) is 3.26. The quantitative estimate of drug-likeness (QED) is 0.765. The van der Waals surface area contributed by atoms with Crippen molar-refractivity contribution < 1.29 is 14.6 Å². The number of aromatic carboxylic acids is 1. The van der Waals surface area contributed by atoms with E-state index in [1.165, 1.54) is 0 Å². The molecule has 1 aromatic heterocycles. The van der Waals surface area contributed by atoms with Crippen LogP contribution in [-0.4, -0.2) is 21.3 Å². The summed E-state index contributed by atoms with van der Waals surface area (Å²) in [5, 5.41) is 16.0. The zero-order chi connectivity index (χ0) is 15.5. The van der Waals surface area contributed by atoms with E-state index in [0.717, 1.165) is 16.7 Å². The molecule has 0 spiro atoms. The summed E-state index contributed by atoms with van der Waals surface area (Å²) in [5.41, 5.74) is 2.75. The van der Waals surface area contributed by atoms with Crippen LogP contribution in [0.1, 0.15) is 15.9 Å². The Morgan fingerprint density at radius 1 is 1.18 bits per heavy atom. The Kier molecular flexibility index (Phi) is 3.62. The highest BCUT2D eigenvalue weighted by molar-refractivity contribution is 5.92. The fourth-order valence-electron chi connectivity index (χ4n) is 2.18. The Morgan fingerprint density at radius 2 is 2.05 bits per heavy atom. The van der Waals surface area contributed by atoms with Gasteiger partial charge in [-0.05, 0) is 42.3 Å². The summed E-state index contributed by atoms with van der Waals surface area (Å²) < 4.78 is 5.72. The Labute approximate surface area is 127 Å². The van der Waals surface area contributed by atoms with Crippen molar-refractivity contribution in [2.45, 2.75) is 6.92 Å². The number of nitrogens with zero attached hydrogens (tertiary/aromatic N) is 1. The Balaban J connectivity index is 1.99. The maximum Gasteiger partial charge on any atom is 0.339 e. The topological polar surface area (TPSA) is 75.2 Å². The lowest BCUT2D eigenvalue weighted by atomic mass is 10.1. The Hall–Kier alpha value is -3.08. The van der Waals surface area contributed by atoms with Gasteiger partial charge in [0.15, 0.2) is 0 Å². The van der Waals surface area contributed by atoms with E-state index < -0.39 is 5.97 Å². The number of nitrogens with one attached hydrogen (secondary N) is 1. The molecular formula is C17H14N2O3. The molecule has 0 saturated heterocycles. The second-order valence-electron chi connectivity index (χ2n) is 4.92. The number of benzene rings is 2. The molecule has 2 aromatic carbocycles. The van der Waals surface area contributed by atoms with E-state index in [1.807, 2.05) is 31.2 Å². The molecule has 2 N–H and O–H groups in total. The second kappa shape index (κ2) is 5.73. The first-order valence-corrected chi connectivity index (χ1v) is 6.74. The minimum Gasteiger partial charge on any atom is -0.478 e. The maximum atomic E-state index is 11.5. The lowest BCUT2D eigenvalue weighted by molar-refractivity contribution is 0.0694. The van der Waals surface area contributed by atoms with Crippen LogP contribution < -0.4 is 4.74 Å². The molecule has 0 saturated carbocycles. The molecule has 3 aromatic rings. The minimum absolute atomic E-state index is 0.111. The van der Waals surface area contributed by atoms with Gasteiger partial charge in [-0.3, -0.25) is 5.10 Å². The van der Waals surface area contributed by atoms with E-state index in [2.05, 4.69) is 10.2 Å². The van der Waals surface area contributed by atoms with Crippen LogP contribution in [0.5, 0.6) is 11.5 Å². The molecule has 0 aliphatic rings. The first kappa shape index (κ1) is 13.9. The standard InChI is InChI=1S/C17H14N2O3/c1-11-3-2-4-14(7-11)22-16-6-5-12(8-15(16)17(20)21)13-9-18-19-10-13/h2-10H,1H3,(H,18,19)(H,20,21). The molecule has 22 heavy (non-hydrogen) atoms. The number of carboxylic acids is 1. The van der Waals surface area contributed by atoms with Crippen LogP contribution in [0.2, 0.25) is 0 Å². The largest absolute Gasteiger partial charge is 0.478 e. The van der Waals surface area contributed by atoms with Crippen molar-refractivity contribution in [2.24, 2.45) is 0 Å². The number of hydrogen-bond acceptors (Lipinski definition) is 3. The molecular weight excluding hydrogens is 280 g/mol. The molecule has 0 atom stereocenters. The van der Waals surface area contributed by atoms with Crippen molar-refractivity contribution >= 4 is 5.97 Å². The molecule has 0 unspecified atom stereocenters. The van der Waals surface area contributed by atoms with Gasteiger partial charge in [0.2, 0.25) is 0 Å². The van der Waals surface area contributed by atoms with Crippen LogP contribution in [0.4, 0.5) is 0 Å². The van der Waals surface area contributed by atoms with Crippen LogP contribution in [0.25, 0.3) is 11.1 Å². The Morgan fingerprint density at radius 3 is 2.73 bits per heavy atom. The monoisotopic (exact) mass is 294 g/mol. The Bertz CT molecular complexity index is 811. The van der Waals surface area contributed by atoms with E-state index in [1.54, 1.807) is 30.6 Å². The van der Waals surface area contributed by atoms with Crippen molar-refractivity contribution in [2.75, 3.05) is 0 Å². The second-order valence-corrected chi connectivity index (χ2v) is 4.92. The number of aryl methyl sites for hydroxylation is 1. The van der Waals surface area contributed by atoms with Gasteiger partial charge < -0.3 is 9.84 Å². The van der Waals surface area contributed by atoms with E-state index in [-0.39, 0.29) is 5.56 Å². The predicted molar refractivity (Wildman–Crippen MR) is 82.2 cm³/mol. The molecule has 0 aliphatic heterocycles. The summed E-state index contributed by atoms with van der Waals surface area (Å²) in [6.45, 7) is 1.95. The number of ether oxygens (including phenoxy) is 1. The highest BCUT2D eigenvalue weighted by Gasteiger charge is 2.14. The molecule has 5 heteroatoms. The molecule has 0 radical (unpaired) electrons. The molecule has 0 fully saturated rings. The fraction of sp³-hybridized carbons (Fsp3) is 0.0588. The van der Waals surface area contributed by atoms with Gasteiger partial charge in [0.25, 0.3) is 0 Å². The van der Waals surface area contributed by atoms with Crippen molar-refractivity contribution in [3.8, 4) is 22.6 Å². The smallest absolute Gasteiger partial charge is 0.339 e. The zero-order valence-corrected chi connectivity index (χ0v) is 11.9. The molecule has 3 rings (SSSR count). The highest BCUT2D eigenvalue weighted by atomic mass is 16.5. The summed E-state index contributed by atoms with van der Waals surface area (Å²) in [6, 6.07) is 12.5. The average molecular weight is 294 g/mol. The van der Waals surface area contributed by atoms with Gasteiger partial charge in [0.05, 0.1) is 6.20 Å². The third-order valence-electron chi connectivity index (χ3n) is 3.26. The lowest BCUT2D eigenvalue weighted by Gasteiger charge is -2.10. The molecule has 110 valence electrons. The highest BCUT2D eigenvalue weighted by Crippen LogP contribution is 2.30. The summed E-state index contributed by atoms with van der Waals surface area (Å²) in [7, 11) is 0. The first-order chi connectivity index (χ1) is 10.6. The fourth-order valence-corrected chi connectivity index (χ4v) is 2.18. The van der Waals surface area contributed by atoms with Gasteiger partial charge >= 0.3 is 5.97 Å². The van der Waals surface area contributed by atoms with Crippen molar-refractivity contribution in [1.29, 1.82) is 0 Å². The van der Waals surface area contributed by atoms with Crippen LogP contribution >= 0.6 is 0 Å². The number of rotatable bonds is 4. The van der Waals surface area contributed by atoms with Crippen molar-refractivity contribution in [3.63, 3.8) is 0 Å². The molecule has 5 nitrogen and oxygen atoms in total. The van der Waals surface area contributed by atoms with Crippen LogP contribution in [0.15, 0.2) is 54.9 Å². The van der Waals surface area contributed by atoms with E-state index >= 15 is 0 Å². The van der Waals surface area contributed by atoms with E-state index in [4.69, 9.17) is 4.74 Å². The summed E-state index contributed by atoms with van der Waals surface area (Å²) in [6.07, 6.45) is 3.35. The number of aromatic nitrogens is 2. The van der Waals surface area contributed by atoms with Gasteiger partial charge in [-0.1, -0.05) is 18.2 Å². The van der Waals surface area contributed by atoms with Crippen LogP contribution in [0.3, 0.4) is 0 Å². The molecule has 0 bridgehead atoms. The average Bonchev–Trinajstić information content (AvgIpc) is 3.01. The summed E-state index contributed by atoms with van der Waals surface area (Å²) >= 11 is 0. The third kappa shape index (κ3) is 2.83. The van der Waals surface area contributed by atoms with Crippen molar-refractivity contribution in [1.82, 2.24) is 10.2 Å². The van der Waals surface area contributed by atoms with E-state index in [0.29, 0.717) is 11.5 Å². The van der Waals surface area contributed by atoms with Gasteiger partial charge in [0, 0.05) is 11.8 Å². The van der Waals surface area contributed by atoms with Gasteiger partial charge in [-0.25, -0.2) is 4.79 Å². The first-order valence-electron chi connectivity index (χ1n) is 6.74. The molecule has 0 amide bonds. The lowest BCUT2D eigenvalue weighted by Crippen LogP contribution is -2.00. The van der Waals surface area contributed by atoms with Gasteiger partial charge in [0.1, 0.15) is 17.1 Å². The number of aromatic amines is 1. The van der Waals surface area contributed by atoms with Crippen LogP contribution in [-0.2, 0) is 0 Å². The number of H-pyrrole nitrogens is 1. The maximum absolute atomic E-state index is 11.5. The number of carbonyl (C=O) groups is 1. The van der Waals surface area contributed by atoms with Crippen LogP contribution in [0, 0.1) is 6.92 Å². The summed E-state index contributed by atoms with van der Waals surface area (Å²) in [5.74, 6) is -0.114. The molecule has 0 aliphatic carbocycles. The summed E-state index contributed by atoms with van der Waals surface area (Å²) in [4.78, 5) is 11.5. The minimum atomic E-state index is -1.03. The molecule has 1 heterocycles. The predicted octanol–water partition coefficient (Wildman–Crippen LogP) is 3.88. The normalized spacial score (nSPS) is 10.4. The van der Waals surface area contributed by atoms with Gasteiger partial charge in [-0.15, -0.1) is 0 Å². The van der Waals surface area contributed by atoms with Crippen molar-refractivity contribution in [3.05, 3.63) is 66.0 Å². The van der Waals surface area contributed by atoms with E-state index in [9.17, 15) is 9.90 Å². The number of hydrogen-bond donors (Lipinski definition) is 2.